The van der Waals surface area contributed by atoms with E-state index >= 15 is 0 Å². The molecule has 2 rings (SSSR count). The Balaban J connectivity index is 2.31. The smallest absolute Gasteiger partial charge is 0.0918 e. The molecule has 0 fully saturated rings. The molecule has 0 aliphatic carbocycles. The van der Waals surface area contributed by atoms with Crippen molar-refractivity contribution in [1.29, 1.82) is 0 Å². The summed E-state index contributed by atoms with van der Waals surface area (Å²) in [4.78, 5) is 4.11. The Labute approximate surface area is 58.6 Å². The van der Waals surface area contributed by atoms with Gasteiger partial charge in [-0.3, -0.25) is 4.99 Å². The van der Waals surface area contributed by atoms with Crippen LogP contribution in [0.3, 0.4) is 0 Å². The van der Waals surface area contributed by atoms with Crippen LogP contribution < -0.4 is 0 Å². The van der Waals surface area contributed by atoms with E-state index in [9.17, 15) is 0 Å². The number of nitrogens with zero attached hydrogens (tertiary/aromatic N) is 1. The molecule has 0 bridgehead atoms. The second kappa shape index (κ2) is 2.03. The van der Waals surface area contributed by atoms with Gasteiger partial charge in [0, 0.05) is 5.75 Å². The van der Waals surface area contributed by atoms with Crippen LogP contribution in [0.4, 0.5) is 0 Å². The zero-order chi connectivity index (χ0) is 6.10. The first-order chi connectivity index (χ1) is 4.47. The number of allylic oxidation sites excluding steroid dienone is 1. The van der Waals surface area contributed by atoms with Crippen molar-refractivity contribution < 1.29 is 0 Å². The van der Waals surface area contributed by atoms with E-state index in [1.165, 1.54) is 5.57 Å². The molecule has 0 amide bonds. The third-order valence-electron chi connectivity index (χ3n) is 1.45. The fourth-order valence-corrected chi connectivity index (χ4v) is 1.74. The summed E-state index contributed by atoms with van der Waals surface area (Å²) in [6, 6.07) is 0.339. The van der Waals surface area contributed by atoms with Crippen molar-refractivity contribution in [2.24, 2.45) is 4.99 Å². The number of rotatable bonds is 0. The summed E-state index contributed by atoms with van der Waals surface area (Å²) in [6.07, 6.45) is 6.96. The van der Waals surface area contributed by atoms with Gasteiger partial charge < -0.3 is 0 Å². The highest BCUT2D eigenvalue weighted by atomic mass is 32.2. The lowest BCUT2D eigenvalue weighted by Crippen LogP contribution is -2.05. The molecule has 45 valence electrons. The number of aliphatic imine (C=N–C) groups is 1. The first-order valence-electron chi connectivity index (χ1n) is 2.89. The maximum absolute atomic E-state index is 4.11. The van der Waals surface area contributed by atoms with Crippen LogP contribution in [0.15, 0.2) is 28.1 Å². The van der Waals surface area contributed by atoms with E-state index in [4.69, 9.17) is 0 Å². The quantitative estimate of drug-likeness (QED) is 0.491. The van der Waals surface area contributed by atoms with E-state index in [0.717, 1.165) is 5.75 Å². The van der Waals surface area contributed by atoms with Gasteiger partial charge in [0.05, 0.1) is 12.3 Å². The van der Waals surface area contributed by atoms with Crippen LogP contribution in [0, 0.1) is 0 Å². The van der Waals surface area contributed by atoms with Gasteiger partial charge in [0.1, 0.15) is 0 Å². The van der Waals surface area contributed by atoms with Crippen LogP contribution in [-0.4, -0.2) is 18.0 Å². The highest BCUT2D eigenvalue weighted by Gasteiger charge is 2.15. The molecule has 2 aliphatic heterocycles. The highest BCUT2D eigenvalue weighted by Crippen LogP contribution is 2.24. The lowest BCUT2D eigenvalue weighted by Gasteiger charge is -2.10. The lowest BCUT2D eigenvalue weighted by molar-refractivity contribution is 0.981. The number of hydrogen-bond acceptors (Lipinski definition) is 2. The van der Waals surface area contributed by atoms with Crippen LogP contribution in [0.1, 0.15) is 0 Å². The van der Waals surface area contributed by atoms with Gasteiger partial charge in [0.15, 0.2) is 0 Å². The predicted octanol–water partition coefficient (Wildman–Crippen LogP) is 1.50. The molecule has 0 aromatic rings. The van der Waals surface area contributed by atoms with E-state index < -0.39 is 0 Å². The molecule has 1 unspecified atom stereocenters. The molecule has 0 saturated heterocycles. The first-order valence-corrected chi connectivity index (χ1v) is 3.94. The molecule has 1 nitrogen and oxygen atoms in total. The third-order valence-corrected chi connectivity index (χ3v) is 2.30. The normalized spacial score (nSPS) is 30.2. The Kier molecular flexibility index (Phi) is 1.19. The largest absolute Gasteiger partial charge is 0.271 e. The fraction of sp³-hybridized carbons (Fsp3) is 0.286. The monoisotopic (exact) mass is 136 g/mol. The maximum Gasteiger partial charge on any atom is 0.0918 e. The summed E-state index contributed by atoms with van der Waals surface area (Å²) in [7, 11) is 0. The Morgan fingerprint density at radius 3 is 3.67 bits per heavy atom. The van der Waals surface area contributed by atoms with Crippen LogP contribution in [-0.2, 0) is 0 Å². The van der Waals surface area contributed by atoms with E-state index in [2.05, 4.69) is 22.7 Å². The number of fused-ring (bicyclic) bond motifs is 1. The van der Waals surface area contributed by atoms with Crippen LogP contribution >= 0.6 is 11.8 Å². The maximum atomic E-state index is 4.11. The van der Waals surface area contributed by atoms with Gasteiger partial charge in [-0.1, -0.05) is 0 Å². The van der Waals surface area contributed by atoms with Crippen molar-refractivity contribution in [2.75, 3.05) is 5.75 Å². The zero-order valence-electron chi connectivity index (χ0n) is 4.87. The summed E-state index contributed by atoms with van der Waals surface area (Å²) in [5, 5.41) is 2.11. The van der Waals surface area contributed by atoms with Crippen molar-refractivity contribution in [3.05, 3.63) is 23.1 Å². The predicted molar refractivity (Wildman–Crippen MR) is 40.9 cm³/mol. The van der Waals surface area contributed by atoms with Gasteiger partial charge >= 0.3 is 0 Å². The molecule has 0 N–H and O–H groups in total. The minimum atomic E-state index is 0.339. The SMILES string of the molecule is [C]1=NC2C=CSCC2=C1. The molecule has 0 saturated carbocycles. The fourth-order valence-electron chi connectivity index (χ4n) is 0.937. The Hall–Kier alpha value is -0.500. The van der Waals surface area contributed by atoms with Crippen molar-refractivity contribution >= 4 is 18.0 Å². The van der Waals surface area contributed by atoms with Crippen molar-refractivity contribution in [1.82, 2.24) is 0 Å². The van der Waals surface area contributed by atoms with E-state index in [1.54, 1.807) is 0 Å². The van der Waals surface area contributed by atoms with E-state index in [1.807, 2.05) is 17.8 Å². The van der Waals surface area contributed by atoms with Gasteiger partial charge in [-0.25, -0.2) is 0 Å². The molecule has 2 heterocycles. The molecule has 0 aromatic heterocycles. The molecule has 2 aliphatic rings. The molecule has 0 aromatic carbocycles. The van der Waals surface area contributed by atoms with Gasteiger partial charge in [-0.05, 0) is 23.1 Å². The number of hydrogen-bond donors (Lipinski definition) is 0. The molecule has 2 heteroatoms. The van der Waals surface area contributed by atoms with E-state index in [-0.39, 0.29) is 0 Å². The van der Waals surface area contributed by atoms with Crippen molar-refractivity contribution in [3.8, 4) is 0 Å². The highest BCUT2D eigenvalue weighted by molar-refractivity contribution is 8.02. The van der Waals surface area contributed by atoms with Crippen LogP contribution in [0.5, 0.6) is 0 Å². The standard InChI is InChI=1S/C7H6NS/c1-3-8-7-2-4-9-5-6(1)7/h1-2,4,7H,5H2. The second-order valence-electron chi connectivity index (χ2n) is 2.06. The molecule has 0 spiro atoms. The zero-order valence-corrected chi connectivity index (χ0v) is 5.69. The van der Waals surface area contributed by atoms with Gasteiger partial charge in [-0.15, -0.1) is 11.8 Å². The molecule has 1 atom stereocenters. The number of thioether (sulfide) groups is 1. The topological polar surface area (TPSA) is 12.4 Å². The minimum absolute atomic E-state index is 0.339. The summed E-state index contributed by atoms with van der Waals surface area (Å²) in [5.74, 6) is 1.09. The first kappa shape index (κ1) is 5.30. The third kappa shape index (κ3) is 0.833. The molecular weight excluding hydrogens is 130 g/mol. The van der Waals surface area contributed by atoms with Gasteiger partial charge in [0.2, 0.25) is 0 Å². The molecule has 9 heavy (non-hydrogen) atoms. The van der Waals surface area contributed by atoms with Crippen molar-refractivity contribution in [2.45, 2.75) is 6.04 Å². The van der Waals surface area contributed by atoms with Gasteiger partial charge in [0.25, 0.3) is 0 Å². The molecular formula is C7H6NS. The second-order valence-corrected chi connectivity index (χ2v) is 2.96. The van der Waals surface area contributed by atoms with E-state index in [0.29, 0.717) is 6.04 Å². The summed E-state index contributed by atoms with van der Waals surface area (Å²) in [5.41, 5.74) is 1.39. The average Bonchev–Trinajstić information content (AvgIpc) is 2.33. The molecule has 1 radical (unpaired) electrons. The Morgan fingerprint density at radius 2 is 2.78 bits per heavy atom. The Bertz CT molecular complexity index is 203. The minimum Gasteiger partial charge on any atom is -0.271 e. The Morgan fingerprint density at radius 1 is 1.78 bits per heavy atom. The summed E-state index contributed by atoms with van der Waals surface area (Å²) in [6.45, 7) is 0. The summed E-state index contributed by atoms with van der Waals surface area (Å²) < 4.78 is 0. The van der Waals surface area contributed by atoms with Crippen molar-refractivity contribution in [3.63, 3.8) is 0 Å². The van der Waals surface area contributed by atoms with Crippen LogP contribution in [0.25, 0.3) is 0 Å². The lowest BCUT2D eigenvalue weighted by atomic mass is 10.1. The van der Waals surface area contributed by atoms with Gasteiger partial charge in [-0.2, -0.15) is 0 Å². The van der Waals surface area contributed by atoms with Crippen LogP contribution in [0.2, 0.25) is 0 Å². The summed E-state index contributed by atoms with van der Waals surface area (Å²) >= 11 is 1.82. The average molecular weight is 136 g/mol.